The molecule has 2 rings (SSSR count). The number of aliphatic hydroxyl groups is 1. The molecule has 1 atom stereocenters. The summed E-state index contributed by atoms with van der Waals surface area (Å²) >= 11 is 10.3. The van der Waals surface area contributed by atoms with E-state index in [1.807, 2.05) is 6.08 Å². The van der Waals surface area contributed by atoms with Crippen LogP contribution in [-0.2, 0) is 14.2 Å². The molecule has 168 valence electrons. The fraction of sp³-hybridized carbons (Fsp3) is 0.909. The average molecular weight is 466 g/mol. The molecular weight excluding hydrogens is 399 g/mol. The lowest BCUT2D eigenvalue weighted by atomic mass is 10.2. The molecule has 0 spiro atoms. The summed E-state index contributed by atoms with van der Waals surface area (Å²) in [6.45, 7) is -6.08. The van der Waals surface area contributed by atoms with Gasteiger partial charge in [-0.25, -0.2) is 0 Å². The summed E-state index contributed by atoms with van der Waals surface area (Å²) in [7, 11) is 0. The minimum atomic E-state index is -3.94. The Balaban J connectivity index is 0.000000879. The minimum Gasteiger partial charge on any atom is -0.502 e. The zero-order valence-electron chi connectivity index (χ0n) is 39.1. The Labute approximate surface area is 216 Å². The van der Waals surface area contributed by atoms with E-state index in [-0.39, 0.29) is 13.0 Å². The van der Waals surface area contributed by atoms with Crippen molar-refractivity contribution < 1.29 is 52.2 Å². The Morgan fingerprint density at radius 1 is 0.929 bits per heavy atom. The summed E-state index contributed by atoms with van der Waals surface area (Å²) in [6.07, 6.45) is -24.0. The molecule has 1 fully saturated rings. The van der Waals surface area contributed by atoms with Crippen LogP contribution in [0.15, 0.2) is 12.3 Å². The Morgan fingerprint density at radius 3 is 2.11 bits per heavy atom. The number of alkyl halides is 2. The van der Waals surface area contributed by atoms with Gasteiger partial charge in [0.2, 0.25) is 0 Å². The van der Waals surface area contributed by atoms with Crippen LogP contribution in [0.3, 0.4) is 0 Å². The van der Waals surface area contributed by atoms with Crippen molar-refractivity contribution in [3.05, 3.63) is 12.3 Å². The van der Waals surface area contributed by atoms with Crippen molar-refractivity contribution >= 4 is 23.2 Å². The van der Waals surface area contributed by atoms with Crippen molar-refractivity contribution in [2.75, 3.05) is 38.0 Å². The summed E-state index contributed by atoms with van der Waals surface area (Å²) in [5.74, 6) is -6.79. The first-order valence-corrected chi connectivity index (χ1v) is 9.00. The van der Waals surface area contributed by atoms with Crippen molar-refractivity contribution in [3.63, 3.8) is 0 Å². The van der Waals surface area contributed by atoms with Crippen LogP contribution in [0.1, 0.15) is 116 Å². The normalized spacial score (nSPS) is 37.2. The van der Waals surface area contributed by atoms with Crippen LogP contribution in [0.2, 0.25) is 0 Å². The first-order chi connectivity index (χ1) is 22.6. The first kappa shape index (κ1) is 7.85. The molecule has 0 amide bonds. The number of halogens is 2. The van der Waals surface area contributed by atoms with Gasteiger partial charge in [0.1, 0.15) is 0 Å². The highest BCUT2D eigenvalue weighted by molar-refractivity contribution is 6.18. The standard InChI is InChI=1S/C11H21ClO2.C6H13ClO.C5H8O/c12-8-4-1-2-5-9-13-11-7-3-6-10-14-11;7-5-3-1-2-4-6-8;1-2-4-6-5-3-1/h11H,1-10H2;8H,1-6H2;2,4H,1,3,5H2/i1D2,2D2,4D2,5D2,8D2,9D2;1D2,2D2,3D2,4D2,5D2,6D2;. The lowest BCUT2D eigenvalue weighted by molar-refractivity contribution is -0.162. The number of rotatable bonds is 12. The van der Waals surface area contributed by atoms with Crippen molar-refractivity contribution in [1.82, 2.24) is 0 Å². The third-order valence-electron chi connectivity index (χ3n) is 2.73. The molecule has 2 heterocycles. The largest absolute Gasteiger partial charge is 0.502 e. The van der Waals surface area contributed by atoms with E-state index < -0.39 is 82.1 Å². The van der Waals surface area contributed by atoms with Gasteiger partial charge < -0.3 is 19.3 Å². The van der Waals surface area contributed by atoms with Gasteiger partial charge in [-0.05, 0) is 63.7 Å². The second-order valence-electron chi connectivity index (χ2n) is 4.70. The first-order valence-electron chi connectivity index (χ1n) is 20.2. The lowest BCUT2D eigenvalue weighted by Gasteiger charge is -2.22. The molecule has 2 aliphatic heterocycles. The van der Waals surface area contributed by atoms with E-state index in [1.165, 1.54) is 12.8 Å². The van der Waals surface area contributed by atoms with E-state index in [1.54, 1.807) is 6.26 Å². The van der Waals surface area contributed by atoms with Crippen LogP contribution in [0.5, 0.6) is 0 Å². The molecule has 0 bridgehead atoms. The number of hydrogen-bond acceptors (Lipinski definition) is 4. The summed E-state index contributed by atoms with van der Waals surface area (Å²) in [4.78, 5) is 0. The zero-order valence-corrected chi connectivity index (χ0v) is 16.6. The molecule has 6 heteroatoms. The molecule has 0 aromatic carbocycles. The van der Waals surface area contributed by atoms with E-state index in [0.29, 0.717) is 12.8 Å². The van der Waals surface area contributed by atoms with Gasteiger partial charge in [0, 0.05) is 58.8 Å². The molecule has 0 aromatic heterocycles. The molecule has 0 aromatic rings. The zero-order chi connectivity index (χ0) is 42.1. The summed E-state index contributed by atoms with van der Waals surface area (Å²) < 4.78 is 193. The highest BCUT2D eigenvalue weighted by atomic mass is 35.5. The van der Waals surface area contributed by atoms with Gasteiger partial charge in [-0.15, -0.1) is 23.2 Å². The molecule has 1 N–H and O–H groups in total. The monoisotopic (exact) mass is 464 g/mol. The highest BCUT2D eigenvalue weighted by Crippen LogP contribution is 2.14. The van der Waals surface area contributed by atoms with Crippen LogP contribution in [0.4, 0.5) is 0 Å². The maximum absolute atomic E-state index is 9.02. The topological polar surface area (TPSA) is 47.9 Å². The maximum Gasteiger partial charge on any atom is 0.157 e. The smallest absolute Gasteiger partial charge is 0.157 e. The Kier molecular flexibility index (Phi) is 7.02. The van der Waals surface area contributed by atoms with Crippen LogP contribution < -0.4 is 0 Å². The van der Waals surface area contributed by atoms with Gasteiger partial charge >= 0.3 is 0 Å². The Bertz CT molecular complexity index is 1130. The third-order valence-corrected chi connectivity index (χ3v) is 2.92. The Morgan fingerprint density at radius 2 is 1.64 bits per heavy atom. The molecule has 0 aliphatic carbocycles. The van der Waals surface area contributed by atoms with Gasteiger partial charge in [-0.2, -0.15) is 0 Å². The molecule has 28 heavy (non-hydrogen) atoms. The second kappa shape index (κ2) is 25.0. The molecule has 0 radical (unpaired) electrons. The van der Waals surface area contributed by atoms with Crippen molar-refractivity contribution in [2.45, 2.75) is 89.4 Å². The van der Waals surface area contributed by atoms with Crippen molar-refractivity contribution in [1.29, 1.82) is 0 Å². The SMILES string of the molecule is C1=COCCC1.[2H]C([2H])(Cl)C([2H])([2H])C([2H])([2H])C([2H])([2H])C([2H])([2H])C([2H])([2H])OC1CCCCO1.[2H]C([2H])(O)C([2H])([2H])C([2H])([2H])C([2H])([2H])C([2H])([2H])C([2H])([2H])Cl. The van der Waals surface area contributed by atoms with Crippen molar-refractivity contribution in [2.24, 2.45) is 0 Å². The van der Waals surface area contributed by atoms with Gasteiger partial charge in [0.25, 0.3) is 0 Å². The highest BCUT2D eigenvalue weighted by Gasteiger charge is 2.13. The van der Waals surface area contributed by atoms with E-state index in [9.17, 15) is 0 Å². The third kappa shape index (κ3) is 22.3. The fourth-order valence-corrected chi connectivity index (χ4v) is 1.71. The van der Waals surface area contributed by atoms with Crippen molar-refractivity contribution in [3.8, 4) is 0 Å². The number of hydrogen-bond donors (Lipinski definition) is 1. The van der Waals surface area contributed by atoms with Gasteiger partial charge in [-0.1, -0.05) is 25.5 Å². The van der Waals surface area contributed by atoms with Gasteiger partial charge in [0.15, 0.2) is 6.29 Å². The molecule has 0 saturated carbocycles. The molecule has 4 nitrogen and oxygen atoms in total. The Hall–Kier alpha value is -0.0000000000000000555. The second-order valence-corrected chi connectivity index (χ2v) is 5.08. The van der Waals surface area contributed by atoms with Crippen LogP contribution in [0.25, 0.3) is 0 Å². The van der Waals surface area contributed by atoms with E-state index in [0.717, 1.165) is 6.61 Å². The summed E-state index contributed by atoms with van der Waals surface area (Å²) in [6, 6.07) is 0. The van der Waals surface area contributed by atoms with E-state index in [4.69, 9.17) is 75.4 Å². The van der Waals surface area contributed by atoms with Crippen LogP contribution in [0, 0.1) is 0 Å². The number of ether oxygens (including phenoxy) is 3. The predicted octanol–water partition coefficient (Wildman–Crippen LogP) is 6.42. The van der Waals surface area contributed by atoms with E-state index >= 15 is 0 Å². The minimum absolute atomic E-state index is 0.233. The van der Waals surface area contributed by atoms with Gasteiger partial charge in [-0.3, -0.25) is 0 Å². The molecule has 2 aliphatic rings. The van der Waals surface area contributed by atoms with Gasteiger partial charge in [0.05, 0.1) is 18.4 Å². The molecule has 1 unspecified atom stereocenters. The van der Waals surface area contributed by atoms with Crippen LogP contribution in [-0.4, -0.2) is 49.4 Å². The molecular formula is C22H42Cl2O4. The number of allylic oxidation sites excluding steroid dienone is 1. The summed E-state index contributed by atoms with van der Waals surface area (Å²) in [5, 5.41) is 9.02. The summed E-state index contributed by atoms with van der Waals surface area (Å²) in [5.41, 5.74) is 0. The lowest BCUT2D eigenvalue weighted by Crippen LogP contribution is -2.22. The predicted molar refractivity (Wildman–Crippen MR) is 119 cm³/mol. The quantitative estimate of drug-likeness (QED) is 0.338. The molecule has 1 saturated heterocycles. The fourth-order valence-electron chi connectivity index (χ4n) is 1.61. The van der Waals surface area contributed by atoms with Crippen LogP contribution >= 0.6 is 23.2 Å². The van der Waals surface area contributed by atoms with E-state index in [2.05, 4.69) is 0 Å². The maximum atomic E-state index is 9.02. The average Bonchev–Trinajstić information content (AvgIpc) is 2.96.